The molecule has 13 nitrogen and oxygen atoms in total. The molecule has 0 radical (unpaired) electrons. The summed E-state index contributed by atoms with van der Waals surface area (Å²) < 4.78 is 39.0. The molecule has 0 saturated carbocycles. The minimum atomic E-state index is -2.73. The Morgan fingerprint density at radius 2 is 1.68 bits per heavy atom. The van der Waals surface area contributed by atoms with Crippen molar-refractivity contribution in [2.75, 3.05) is 14.2 Å². The summed E-state index contributed by atoms with van der Waals surface area (Å²) in [5.74, 6) is -7.13. The monoisotopic (exact) mass is 700 g/mol. The van der Waals surface area contributed by atoms with E-state index in [1.54, 1.807) is 6.08 Å². The van der Waals surface area contributed by atoms with Crippen LogP contribution in [0.2, 0.25) is 0 Å². The molecule has 50 heavy (non-hydrogen) atoms. The van der Waals surface area contributed by atoms with Crippen molar-refractivity contribution in [1.82, 2.24) is 0 Å². The van der Waals surface area contributed by atoms with Crippen LogP contribution < -0.4 is 0 Å². The van der Waals surface area contributed by atoms with E-state index in [0.29, 0.717) is 17.9 Å². The molecular weight excluding hydrogens is 652 g/mol. The summed E-state index contributed by atoms with van der Waals surface area (Å²) in [5, 5.41) is 11.9. The molecule has 0 amide bonds. The Labute approximate surface area is 292 Å². The Morgan fingerprint density at radius 1 is 1.04 bits per heavy atom. The lowest BCUT2D eigenvalue weighted by Crippen LogP contribution is -2.85. The maximum absolute atomic E-state index is 13.8. The van der Waals surface area contributed by atoms with Crippen LogP contribution in [0.15, 0.2) is 54.6 Å². The van der Waals surface area contributed by atoms with Gasteiger partial charge in [-0.15, -0.1) is 0 Å². The number of carbonyl (C=O) groups is 5. The van der Waals surface area contributed by atoms with E-state index in [2.05, 4.69) is 20.4 Å². The molecule has 0 aromatic heterocycles. The lowest BCUT2D eigenvalue weighted by Gasteiger charge is -2.56. The van der Waals surface area contributed by atoms with Crippen molar-refractivity contribution in [1.29, 1.82) is 0 Å². The highest BCUT2D eigenvalue weighted by Crippen LogP contribution is 2.61. The van der Waals surface area contributed by atoms with Crippen LogP contribution in [-0.2, 0) is 63.6 Å². The number of carbonyl (C=O) groups excluding carboxylic acids is 5. The Hall–Kier alpha value is -4.07. The molecule has 0 unspecified atom stereocenters. The van der Waals surface area contributed by atoms with Gasteiger partial charge in [0.15, 0.2) is 6.10 Å². The average Bonchev–Trinajstić information content (AvgIpc) is 3.30. The van der Waals surface area contributed by atoms with Crippen LogP contribution in [0, 0.1) is 17.8 Å². The molecule has 3 heterocycles. The van der Waals surface area contributed by atoms with Crippen molar-refractivity contribution in [3.63, 3.8) is 0 Å². The van der Waals surface area contributed by atoms with Gasteiger partial charge in [0.25, 0.3) is 11.2 Å². The normalized spacial score (nSPS) is 30.5. The maximum Gasteiger partial charge on any atom is 0.357 e. The number of methoxy groups -OCH3 is 2. The first-order valence-electron chi connectivity index (χ1n) is 16.9. The quantitative estimate of drug-likeness (QED) is 0.115. The number of esters is 5. The molecule has 10 atom stereocenters. The Kier molecular flexibility index (Phi) is 12.0. The first-order valence-corrected chi connectivity index (χ1v) is 16.9. The van der Waals surface area contributed by atoms with Crippen molar-refractivity contribution in [2.45, 2.75) is 108 Å². The molecule has 0 spiro atoms. The second-order valence-corrected chi connectivity index (χ2v) is 13.5. The van der Waals surface area contributed by atoms with Gasteiger partial charge >= 0.3 is 29.8 Å². The van der Waals surface area contributed by atoms with Crippen LogP contribution >= 0.6 is 0 Å². The van der Waals surface area contributed by atoms with E-state index < -0.39 is 71.3 Å². The molecule has 3 aliphatic heterocycles. The molecular formula is C37H48O13. The van der Waals surface area contributed by atoms with Gasteiger partial charge < -0.3 is 38.3 Å². The van der Waals surface area contributed by atoms with Gasteiger partial charge in [-0.3, -0.25) is 4.79 Å². The number of hydrogen-bond acceptors (Lipinski definition) is 13. The van der Waals surface area contributed by atoms with Crippen LogP contribution in [0.4, 0.5) is 0 Å². The predicted molar refractivity (Wildman–Crippen MR) is 176 cm³/mol. The highest BCUT2D eigenvalue weighted by molar-refractivity contribution is 6.05. The zero-order valence-electron chi connectivity index (χ0n) is 29.7. The second-order valence-electron chi connectivity index (χ2n) is 13.5. The van der Waals surface area contributed by atoms with Gasteiger partial charge in [-0.1, -0.05) is 77.1 Å². The van der Waals surface area contributed by atoms with Crippen molar-refractivity contribution < 1.29 is 62.2 Å². The van der Waals surface area contributed by atoms with E-state index in [1.807, 2.05) is 44.2 Å². The molecule has 3 saturated heterocycles. The number of benzene rings is 1. The summed E-state index contributed by atoms with van der Waals surface area (Å²) >= 11 is 0. The molecule has 3 aliphatic rings. The zero-order valence-corrected chi connectivity index (χ0v) is 29.7. The molecule has 3 fully saturated rings. The smallest absolute Gasteiger partial charge is 0.357 e. The van der Waals surface area contributed by atoms with Gasteiger partial charge in [0.1, 0.15) is 12.2 Å². The summed E-state index contributed by atoms with van der Waals surface area (Å²) in [7, 11) is 1.99. The number of allylic oxidation sites excluding steroid dienone is 1. The van der Waals surface area contributed by atoms with Crippen molar-refractivity contribution in [3.05, 3.63) is 60.2 Å². The van der Waals surface area contributed by atoms with Crippen LogP contribution in [0.5, 0.6) is 0 Å². The van der Waals surface area contributed by atoms with Gasteiger partial charge in [0.05, 0.1) is 14.2 Å². The number of aliphatic hydroxyl groups excluding tert-OH is 1. The maximum atomic E-state index is 13.8. The largest absolute Gasteiger partial charge is 0.467 e. The minimum Gasteiger partial charge on any atom is -0.467 e. The summed E-state index contributed by atoms with van der Waals surface area (Å²) in [6.45, 7) is 13.4. The Morgan fingerprint density at radius 3 is 2.26 bits per heavy atom. The first kappa shape index (κ1) is 38.7. The third-order valence-electron chi connectivity index (χ3n) is 9.85. The van der Waals surface area contributed by atoms with E-state index in [9.17, 15) is 29.1 Å². The van der Waals surface area contributed by atoms with Gasteiger partial charge in [-0.25, -0.2) is 19.2 Å². The van der Waals surface area contributed by atoms with Crippen LogP contribution in [-0.4, -0.2) is 90.6 Å². The third-order valence-corrected chi connectivity index (χ3v) is 9.85. The third kappa shape index (κ3) is 6.95. The summed E-state index contributed by atoms with van der Waals surface area (Å²) in [4.78, 5) is 65.6. The molecule has 0 aliphatic carbocycles. The standard InChI is InChI=1S/C37H48O13/c1-9-21(2)19-22(3)15-16-27(39)47-30-29(40)35(18-17-23(4)28(46-25(6)38)24(5)20-26-13-11-10-12-14-26)48-31-32(41)49-36(31,33(42)44-7)37(30,50-35)34(43)45-8/h10-16,21-22,24,28-31,40H,4,9,17-20H2,1-3,5-8H3/b16-15+/t21-,22+,24+,28+,29+,30+,31+,35+,36+,37+/m0/s1. The lowest BCUT2D eigenvalue weighted by molar-refractivity contribution is -0.402. The van der Waals surface area contributed by atoms with Crippen molar-refractivity contribution in [2.24, 2.45) is 17.8 Å². The molecule has 274 valence electrons. The van der Waals surface area contributed by atoms with E-state index >= 15 is 0 Å². The summed E-state index contributed by atoms with van der Waals surface area (Å²) in [6.07, 6.45) is -1.72. The number of ether oxygens (including phenoxy) is 7. The average molecular weight is 701 g/mol. The fraction of sp³-hybridized carbons (Fsp3) is 0.595. The Bertz CT molecular complexity index is 1490. The Balaban J connectivity index is 1.70. The SMILES string of the molecule is C=C(CC[C@@]12O[C@@H]3C(=O)O[C@]3(C(=O)OC)[C@@](C(=O)OC)(O1)[C@H](OC(=O)/C=C/[C@@H](C)C[C@@H](C)CC)[C@H]2O)[C@@H](OC(C)=O)[C@H](C)Cc1ccccc1. The number of hydrogen-bond donors (Lipinski definition) is 1. The van der Waals surface area contributed by atoms with Gasteiger partial charge in [0, 0.05) is 25.3 Å². The minimum absolute atomic E-state index is 0.00966. The van der Waals surface area contributed by atoms with E-state index in [0.717, 1.165) is 38.7 Å². The summed E-state index contributed by atoms with van der Waals surface area (Å²) in [6, 6.07) is 9.58. The van der Waals surface area contributed by atoms with Gasteiger partial charge in [0.2, 0.25) is 11.9 Å². The highest BCUT2D eigenvalue weighted by Gasteiger charge is 2.91. The topological polar surface area (TPSA) is 170 Å². The van der Waals surface area contributed by atoms with E-state index in [4.69, 9.17) is 33.2 Å². The molecule has 1 N–H and O–H groups in total. The van der Waals surface area contributed by atoms with E-state index in [-0.39, 0.29) is 24.7 Å². The lowest BCUT2D eigenvalue weighted by atomic mass is 9.71. The number of aliphatic hydroxyl groups is 1. The first-order chi connectivity index (χ1) is 23.6. The number of fused-ring (bicyclic) bond motifs is 4. The molecule has 1 aromatic carbocycles. The fourth-order valence-electron chi connectivity index (χ4n) is 7.16. The van der Waals surface area contributed by atoms with Crippen molar-refractivity contribution >= 4 is 29.8 Å². The molecule has 13 heteroatoms. The molecule has 1 aromatic rings. The fourth-order valence-corrected chi connectivity index (χ4v) is 7.16. The molecule has 4 rings (SSSR count). The number of rotatable bonds is 16. The van der Waals surface area contributed by atoms with Gasteiger partial charge in [-0.05, 0) is 42.2 Å². The van der Waals surface area contributed by atoms with E-state index in [1.165, 1.54) is 6.92 Å². The zero-order chi connectivity index (χ0) is 37.0. The summed E-state index contributed by atoms with van der Waals surface area (Å²) in [5.41, 5.74) is -3.92. The predicted octanol–water partition coefficient (Wildman–Crippen LogP) is 3.54. The van der Waals surface area contributed by atoms with Crippen molar-refractivity contribution in [3.8, 4) is 0 Å². The van der Waals surface area contributed by atoms with Crippen LogP contribution in [0.3, 0.4) is 0 Å². The van der Waals surface area contributed by atoms with Crippen LogP contribution in [0.1, 0.15) is 65.9 Å². The highest BCUT2D eigenvalue weighted by atomic mass is 16.8. The van der Waals surface area contributed by atoms with Crippen LogP contribution in [0.25, 0.3) is 0 Å². The second kappa shape index (κ2) is 15.4. The van der Waals surface area contributed by atoms with Gasteiger partial charge in [-0.2, -0.15) is 0 Å². The molecule has 2 bridgehead atoms.